The number of hydrogen-bond donors (Lipinski definition) is 2. The van der Waals surface area contributed by atoms with Crippen molar-refractivity contribution in [2.75, 3.05) is 38.5 Å². The van der Waals surface area contributed by atoms with E-state index in [0.29, 0.717) is 29.1 Å². The number of piperazine rings is 1. The van der Waals surface area contributed by atoms with E-state index in [9.17, 15) is 8.42 Å². The number of anilines is 1. The molecule has 1 saturated heterocycles. The van der Waals surface area contributed by atoms with Gasteiger partial charge in [0, 0.05) is 49.0 Å². The van der Waals surface area contributed by atoms with Gasteiger partial charge in [-0.25, -0.2) is 8.42 Å². The van der Waals surface area contributed by atoms with Crippen molar-refractivity contribution in [3.8, 4) is 0 Å². The van der Waals surface area contributed by atoms with Crippen molar-refractivity contribution in [1.82, 2.24) is 14.2 Å². The summed E-state index contributed by atoms with van der Waals surface area (Å²) in [6, 6.07) is 5.24. The van der Waals surface area contributed by atoms with E-state index in [2.05, 4.69) is 16.8 Å². The minimum atomic E-state index is -3.46. The Labute approximate surface area is 124 Å². The first-order valence-electron chi connectivity index (χ1n) is 7.11. The quantitative estimate of drug-likeness (QED) is 0.831. The Balaban J connectivity index is 1.94. The van der Waals surface area contributed by atoms with E-state index in [1.165, 1.54) is 0 Å². The second kappa shape index (κ2) is 5.32. The first kappa shape index (κ1) is 14.4. The van der Waals surface area contributed by atoms with Gasteiger partial charge in [-0.3, -0.25) is 0 Å². The Kier molecular flexibility index (Phi) is 3.64. The maximum Gasteiger partial charge on any atom is 0.245 e. The number of hydrogen-bond acceptors (Lipinski definition) is 4. The highest BCUT2D eigenvalue weighted by Gasteiger charge is 2.29. The fourth-order valence-corrected chi connectivity index (χ4v) is 4.34. The molecule has 0 unspecified atom stereocenters. The molecule has 0 amide bonds. The van der Waals surface area contributed by atoms with Crippen molar-refractivity contribution in [3.05, 3.63) is 24.4 Å². The predicted octanol–water partition coefficient (Wildman–Crippen LogP) is 1.08. The van der Waals surface area contributed by atoms with Gasteiger partial charge in [-0.2, -0.15) is 4.31 Å². The SMILES string of the molecule is CCN1CCN(S(=O)(=O)c2c[nH]c3cc(N)ccc23)CC1. The van der Waals surface area contributed by atoms with Gasteiger partial charge in [0.25, 0.3) is 0 Å². The summed E-state index contributed by atoms with van der Waals surface area (Å²) >= 11 is 0. The molecule has 3 N–H and O–H groups in total. The summed E-state index contributed by atoms with van der Waals surface area (Å²) in [5, 5.41) is 0.696. The van der Waals surface area contributed by atoms with Gasteiger partial charge in [0.2, 0.25) is 10.0 Å². The molecule has 0 saturated carbocycles. The lowest BCUT2D eigenvalue weighted by Gasteiger charge is -2.33. The molecule has 1 aromatic heterocycles. The molecule has 2 heterocycles. The molecule has 0 bridgehead atoms. The maximum atomic E-state index is 12.8. The van der Waals surface area contributed by atoms with Crippen LogP contribution in [0.3, 0.4) is 0 Å². The van der Waals surface area contributed by atoms with Gasteiger partial charge in [0.1, 0.15) is 4.90 Å². The molecule has 1 aliphatic rings. The van der Waals surface area contributed by atoms with Crippen LogP contribution in [0.25, 0.3) is 10.9 Å². The molecule has 0 aliphatic carbocycles. The summed E-state index contributed by atoms with van der Waals surface area (Å²) in [7, 11) is -3.46. The van der Waals surface area contributed by atoms with Crippen LogP contribution in [-0.4, -0.2) is 55.3 Å². The van der Waals surface area contributed by atoms with Crippen LogP contribution in [-0.2, 0) is 10.0 Å². The van der Waals surface area contributed by atoms with Crippen LogP contribution in [0, 0.1) is 0 Å². The third-order valence-corrected chi connectivity index (χ3v) is 6.00. The van der Waals surface area contributed by atoms with Crippen LogP contribution in [0.4, 0.5) is 5.69 Å². The zero-order valence-corrected chi connectivity index (χ0v) is 12.9. The number of sulfonamides is 1. The topological polar surface area (TPSA) is 82.4 Å². The highest BCUT2D eigenvalue weighted by Crippen LogP contribution is 2.27. The van der Waals surface area contributed by atoms with E-state index in [4.69, 9.17) is 5.73 Å². The Morgan fingerprint density at radius 1 is 1.24 bits per heavy atom. The Morgan fingerprint density at radius 2 is 1.95 bits per heavy atom. The normalized spacial score (nSPS) is 18.3. The van der Waals surface area contributed by atoms with Gasteiger partial charge in [-0.15, -0.1) is 0 Å². The lowest BCUT2D eigenvalue weighted by Crippen LogP contribution is -2.48. The molecule has 1 aromatic carbocycles. The third-order valence-electron chi connectivity index (χ3n) is 4.06. The average Bonchev–Trinajstić information content (AvgIpc) is 2.91. The van der Waals surface area contributed by atoms with Crippen LogP contribution >= 0.6 is 0 Å². The molecule has 0 atom stereocenters. The summed E-state index contributed by atoms with van der Waals surface area (Å²) in [6.45, 7) is 5.69. The van der Waals surface area contributed by atoms with Crippen molar-refractivity contribution < 1.29 is 8.42 Å². The zero-order valence-electron chi connectivity index (χ0n) is 12.0. The highest BCUT2D eigenvalue weighted by atomic mass is 32.2. The van der Waals surface area contributed by atoms with Crippen LogP contribution in [0.5, 0.6) is 0 Å². The number of rotatable bonds is 3. The Bertz CT molecular complexity index is 745. The molecular formula is C14H20N4O2S. The van der Waals surface area contributed by atoms with E-state index >= 15 is 0 Å². The number of benzene rings is 1. The summed E-state index contributed by atoms with van der Waals surface area (Å²) in [5.74, 6) is 0. The first-order chi connectivity index (χ1) is 10.0. The summed E-state index contributed by atoms with van der Waals surface area (Å²) in [4.78, 5) is 5.59. The van der Waals surface area contributed by atoms with E-state index in [1.54, 1.807) is 28.7 Å². The van der Waals surface area contributed by atoms with E-state index in [1.807, 2.05) is 0 Å². The molecule has 0 radical (unpaired) electrons. The largest absolute Gasteiger partial charge is 0.399 e. The van der Waals surface area contributed by atoms with Crippen LogP contribution in [0.2, 0.25) is 0 Å². The fraction of sp³-hybridized carbons (Fsp3) is 0.429. The van der Waals surface area contributed by atoms with Crippen molar-refractivity contribution in [2.24, 2.45) is 0 Å². The Morgan fingerprint density at radius 3 is 2.62 bits per heavy atom. The minimum absolute atomic E-state index is 0.336. The van der Waals surface area contributed by atoms with Gasteiger partial charge < -0.3 is 15.6 Å². The zero-order chi connectivity index (χ0) is 15.0. The fourth-order valence-electron chi connectivity index (χ4n) is 2.76. The molecule has 3 rings (SSSR count). The van der Waals surface area contributed by atoms with Gasteiger partial charge >= 0.3 is 0 Å². The molecule has 6 nitrogen and oxygen atoms in total. The Hall–Kier alpha value is -1.57. The van der Waals surface area contributed by atoms with Gasteiger partial charge in [0.15, 0.2) is 0 Å². The maximum absolute atomic E-state index is 12.8. The number of aromatic nitrogens is 1. The molecular weight excluding hydrogens is 288 g/mol. The third kappa shape index (κ3) is 2.52. The average molecular weight is 308 g/mol. The van der Waals surface area contributed by atoms with Crippen molar-refractivity contribution in [3.63, 3.8) is 0 Å². The number of fused-ring (bicyclic) bond motifs is 1. The number of nitrogen functional groups attached to an aromatic ring is 1. The molecule has 1 fully saturated rings. The van der Waals surface area contributed by atoms with E-state index in [-0.39, 0.29) is 0 Å². The second-order valence-electron chi connectivity index (χ2n) is 5.30. The lowest BCUT2D eigenvalue weighted by molar-refractivity contribution is 0.196. The van der Waals surface area contributed by atoms with Crippen LogP contribution < -0.4 is 5.73 Å². The number of nitrogens with zero attached hydrogens (tertiary/aromatic N) is 2. The number of aromatic amines is 1. The molecule has 114 valence electrons. The van der Waals surface area contributed by atoms with Crippen molar-refractivity contribution in [1.29, 1.82) is 0 Å². The summed E-state index contributed by atoms with van der Waals surface area (Å²) in [5.41, 5.74) is 7.10. The molecule has 0 spiro atoms. The van der Waals surface area contributed by atoms with Crippen molar-refractivity contribution in [2.45, 2.75) is 11.8 Å². The highest BCUT2D eigenvalue weighted by molar-refractivity contribution is 7.89. The smallest absolute Gasteiger partial charge is 0.245 e. The molecule has 21 heavy (non-hydrogen) atoms. The first-order valence-corrected chi connectivity index (χ1v) is 8.55. The monoisotopic (exact) mass is 308 g/mol. The summed E-state index contributed by atoms with van der Waals surface area (Å²) in [6.07, 6.45) is 1.56. The molecule has 1 aliphatic heterocycles. The number of nitrogens with one attached hydrogen (secondary N) is 1. The van der Waals surface area contributed by atoms with Gasteiger partial charge in [-0.1, -0.05) is 6.92 Å². The second-order valence-corrected chi connectivity index (χ2v) is 7.20. The van der Waals surface area contributed by atoms with Crippen LogP contribution in [0.1, 0.15) is 6.92 Å². The van der Waals surface area contributed by atoms with E-state index < -0.39 is 10.0 Å². The van der Waals surface area contributed by atoms with Gasteiger partial charge in [0.05, 0.1) is 0 Å². The number of H-pyrrole nitrogens is 1. The lowest BCUT2D eigenvalue weighted by atomic mass is 10.2. The minimum Gasteiger partial charge on any atom is -0.399 e. The van der Waals surface area contributed by atoms with Crippen molar-refractivity contribution >= 4 is 26.6 Å². The molecule has 2 aromatic rings. The van der Waals surface area contributed by atoms with Crippen LogP contribution in [0.15, 0.2) is 29.3 Å². The molecule has 7 heteroatoms. The van der Waals surface area contributed by atoms with E-state index in [0.717, 1.165) is 25.2 Å². The summed E-state index contributed by atoms with van der Waals surface area (Å²) < 4.78 is 27.2. The predicted molar refractivity (Wildman–Crippen MR) is 83.6 cm³/mol. The van der Waals surface area contributed by atoms with Gasteiger partial charge in [-0.05, 0) is 24.7 Å². The standard InChI is InChI=1S/C14H20N4O2S/c1-2-17-5-7-18(8-6-17)21(19,20)14-10-16-13-9-11(15)3-4-12(13)14/h3-4,9-10,16H,2,5-8,15H2,1H3. The number of nitrogens with two attached hydrogens (primary N) is 1. The number of likely N-dealkylation sites (N-methyl/N-ethyl adjacent to an activating group) is 1.